The van der Waals surface area contributed by atoms with Gasteiger partial charge in [-0.2, -0.15) is 12.1 Å². The third kappa shape index (κ3) is 4.55. The molecule has 0 aliphatic carbocycles. The van der Waals surface area contributed by atoms with E-state index in [0.29, 0.717) is 0 Å². The average molecular weight is 321 g/mol. The quantitative estimate of drug-likeness (QED) is 0.499. The van der Waals surface area contributed by atoms with Gasteiger partial charge in [0.25, 0.3) is 0 Å². The van der Waals surface area contributed by atoms with E-state index < -0.39 is 0 Å². The Labute approximate surface area is 120 Å². The molecule has 0 N–H and O–H groups in total. The molecule has 0 aliphatic heterocycles. The maximum Gasteiger partial charge on any atom is 3.00 e. The van der Waals surface area contributed by atoms with Gasteiger partial charge in [0.15, 0.2) is 0 Å². The molecule has 0 spiro atoms. The van der Waals surface area contributed by atoms with E-state index in [4.69, 9.17) is 0 Å². The molecule has 2 aromatic rings. The van der Waals surface area contributed by atoms with Crippen LogP contribution in [0.25, 0.3) is 11.1 Å². The van der Waals surface area contributed by atoms with E-state index in [0.717, 1.165) is 11.1 Å². The van der Waals surface area contributed by atoms with Crippen LogP contribution in [0.3, 0.4) is 0 Å². The Morgan fingerprint density at radius 3 is 2.07 bits per heavy atom. The summed E-state index contributed by atoms with van der Waals surface area (Å²) < 4.78 is 12.8. The molecule has 0 nitrogen and oxygen atoms in total. The Hall–Kier alpha value is -0.0369. The molecule has 0 unspecified atom stereocenters. The van der Waals surface area contributed by atoms with E-state index in [9.17, 15) is 4.39 Å². The van der Waals surface area contributed by atoms with Gasteiger partial charge in [0.2, 0.25) is 0 Å². The zero-order valence-electron chi connectivity index (χ0n) is 7.75. The van der Waals surface area contributed by atoms with Crippen molar-refractivity contribution in [3.8, 4) is 11.1 Å². The maximum atomic E-state index is 12.8. The summed E-state index contributed by atoms with van der Waals surface area (Å²) in [7, 11) is 0. The topological polar surface area (TPSA) is 0 Å². The molecule has 0 saturated heterocycles. The summed E-state index contributed by atoms with van der Waals surface area (Å²) in [5.41, 5.74) is 1.99. The van der Waals surface area contributed by atoms with Crippen LogP contribution in [0.2, 0.25) is 0 Å². The van der Waals surface area contributed by atoms with E-state index >= 15 is 0 Å². The van der Waals surface area contributed by atoms with Crippen LogP contribution in [0.5, 0.6) is 0 Å². The van der Waals surface area contributed by atoms with Gasteiger partial charge in [0, 0.05) is 0 Å². The third-order valence-corrected chi connectivity index (χ3v) is 1.82. The van der Waals surface area contributed by atoms with Crippen LogP contribution in [0, 0.1) is 5.82 Å². The summed E-state index contributed by atoms with van der Waals surface area (Å²) in [6.07, 6.45) is 0. The number of hydrogen-bond acceptors (Lipinski definition) is 0. The first-order chi connectivity index (χ1) is 5.86. The third-order valence-electron chi connectivity index (χ3n) is 1.82. The molecule has 4 heteroatoms. The van der Waals surface area contributed by atoms with Gasteiger partial charge in [0.05, 0.1) is 5.82 Å². The van der Waals surface area contributed by atoms with Crippen LogP contribution >= 0.6 is 0 Å². The van der Waals surface area contributed by atoms with Crippen molar-refractivity contribution in [1.82, 2.24) is 0 Å². The van der Waals surface area contributed by atoms with E-state index in [2.05, 4.69) is 0 Å². The fourth-order valence-corrected chi connectivity index (χ4v) is 1.23. The van der Waals surface area contributed by atoms with Crippen LogP contribution in [-0.2, 0) is 26.2 Å². The molecule has 2 aromatic carbocycles. The molecule has 0 heterocycles. The van der Waals surface area contributed by atoms with Crippen LogP contribution in [0.15, 0.2) is 48.5 Å². The van der Waals surface area contributed by atoms with Gasteiger partial charge in [-0.15, -0.1) is 23.8 Å². The molecular formula is C11H8Cl2FZr. The predicted molar refractivity (Wildman–Crippen MR) is 47.4 cm³/mol. The molecule has 0 saturated carbocycles. The van der Waals surface area contributed by atoms with Gasteiger partial charge in [-0.25, -0.2) is 4.39 Å². The van der Waals surface area contributed by atoms with Crippen LogP contribution < -0.4 is 24.8 Å². The Balaban J connectivity index is 0. The predicted octanol–water partition coefficient (Wildman–Crippen LogP) is -2.78. The Bertz CT molecular complexity index is 374. The molecule has 0 fully saturated rings. The minimum atomic E-state index is -0.186. The SMILES string of the molecule is Fc1cccc(-[c-]2cccc2)c1.[Cl-].[Cl-].[Zr+3]. The van der Waals surface area contributed by atoms with Crippen molar-refractivity contribution >= 4 is 0 Å². The molecule has 2 rings (SSSR count). The normalized spacial score (nSPS) is 8.07. The minimum absolute atomic E-state index is 0. The average Bonchev–Trinajstić information content (AvgIpc) is 2.56. The zero-order valence-corrected chi connectivity index (χ0v) is 11.7. The Morgan fingerprint density at radius 1 is 0.933 bits per heavy atom. The summed E-state index contributed by atoms with van der Waals surface area (Å²) in [6, 6.07) is 14.4. The Morgan fingerprint density at radius 2 is 1.53 bits per heavy atom. The first-order valence-corrected chi connectivity index (χ1v) is 3.84. The molecule has 77 valence electrons. The number of rotatable bonds is 1. The Kier molecular flexibility index (Phi) is 9.44. The fraction of sp³-hybridized carbons (Fsp3) is 0. The second-order valence-corrected chi connectivity index (χ2v) is 2.68. The van der Waals surface area contributed by atoms with Crippen LogP contribution in [0.4, 0.5) is 4.39 Å². The van der Waals surface area contributed by atoms with Gasteiger partial charge in [0.1, 0.15) is 0 Å². The molecule has 15 heavy (non-hydrogen) atoms. The number of hydrogen-bond donors (Lipinski definition) is 0. The molecule has 0 amide bonds. The summed E-state index contributed by atoms with van der Waals surface area (Å²) in [5, 5.41) is 0. The molecular weight excluding hydrogens is 313 g/mol. The zero-order chi connectivity index (χ0) is 8.39. The molecule has 1 radical (unpaired) electrons. The second-order valence-electron chi connectivity index (χ2n) is 2.68. The first-order valence-electron chi connectivity index (χ1n) is 3.84. The summed E-state index contributed by atoms with van der Waals surface area (Å²) in [6.45, 7) is 0. The number of halogens is 3. The van der Waals surface area contributed by atoms with E-state index in [1.54, 1.807) is 6.07 Å². The van der Waals surface area contributed by atoms with Crippen molar-refractivity contribution in [3.63, 3.8) is 0 Å². The van der Waals surface area contributed by atoms with Crippen molar-refractivity contribution in [2.45, 2.75) is 0 Å². The summed E-state index contributed by atoms with van der Waals surface area (Å²) in [4.78, 5) is 0. The van der Waals surface area contributed by atoms with Crippen molar-refractivity contribution in [2.24, 2.45) is 0 Å². The van der Waals surface area contributed by atoms with E-state index in [1.165, 1.54) is 12.1 Å². The molecule has 0 aromatic heterocycles. The van der Waals surface area contributed by atoms with E-state index in [-0.39, 0.29) is 56.8 Å². The molecule has 0 atom stereocenters. The largest absolute Gasteiger partial charge is 3.00 e. The molecule has 0 bridgehead atoms. The van der Waals surface area contributed by atoms with Gasteiger partial charge >= 0.3 is 26.2 Å². The fourth-order valence-electron chi connectivity index (χ4n) is 1.23. The van der Waals surface area contributed by atoms with Crippen molar-refractivity contribution in [1.29, 1.82) is 0 Å². The summed E-state index contributed by atoms with van der Waals surface area (Å²) in [5.74, 6) is -0.186. The second kappa shape index (κ2) is 8.15. The van der Waals surface area contributed by atoms with E-state index in [1.807, 2.05) is 30.3 Å². The van der Waals surface area contributed by atoms with Gasteiger partial charge in [-0.3, -0.25) is 0 Å². The van der Waals surface area contributed by atoms with Gasteiger partial charge < -0.3 is 24.8 Å². The van der Waals surface area contributed by atoms with Gasteiger partial charge in [-0.1, -0.05) is 17.7 Å². The minimum Gasteiger partial charge on any atom is -1.00 e. The van der Waals surface area contributed by atoms with Gasteiger partial charge in [-0.05, 0) is 6.07 Å². The maximum absolute atomic E-state index is 12.8. The number of benzene rings is 1. The van der Waals surface area contributed by atoms with Crippen molar-refractivity contribution in [3.05, 3.63) is 54.3 Å². The van der Waals surface area contributed by atoms with Crippen molar-refractivity contribution in [2.75, 3.05) is 0 Å². The van der Waals surface area contributed by atoms with Crippen molar-refractivity contribution < 1.29 is 55.4 Å². The monoisotopic (exact) mass is 319 g/mol. The van der Waals surface area contributed by atoms with Crippen LogP contribution in [0.1, 0.15) is 0 Å². The first kappa shape index (κ1) is 17.4. The smallest absolute Gasteiger partial charge is 1.00 e. The standard InChI is InChI=1S/C11H8F.2ClH.Zr/c12-11-7-3-6-10(8-11)9-4-1-2-5-9;;;/h1-8H;2*1H;/q-1;;;+3/p-2. The van der Waals surface area contributed by atoms with Crippen LogP contribution in [-0.4, -0.2) is 0 Å². The molecule has 0 aliphatic rings. The summed E-state index contributed by atoms with van der Waals surface area (Å²) >= 11 is 0.